The number of carbonyl (C=O) groups excluding carboxylic acids is 1. The van der Waals surface area contributed by atoms with Crippen LogP contribution in [0.15, 0.2) is 42.6 Å². The molecule has 0 bridgehead atoms. The zero-order valence-corrected chi connectivity index (χ0v) is 22.3. The monoisotopic (exact) mass is 516 g/mol. The van der Waals surface area contributed by atoms with Gasteiger partial charge in [-0.1, -0.05) is 25.0 Å². The standard InChI is InChI=1S/C27H37FN4O3S/c1-26(2,3)36(34)32-27(13-12-18-8-9-18,24-7-5-6-14-29-24)19-10-11-21(28)22(15-19)31-25(33)23-16-20(35-4)17-30-23/h5-7,10-11,14-15,18,20,23,30,32H,8-9,12-13,16-17H2,1-4H3,(H,31,33)/t20-,23-,27+,36?/m1/s1. The minimum absolute atomic E-state index is 0.0484. The van der Waals surface area contributed by atoms with Crippen LogP contribution in [0.25, 0.3) is 0 Å². The smallest absolute Gasteiger partial charge is 0.241 e. The summed E-state index contributed by atoms with van der Waals surface area (Å²) in [6.07, 6.45) is 6.13. The van der Waals surface area contributed by atoms with Gasteiger partial charge in [-0.25, -0.2) is 4.39 Å². The molecule has 2 aliphatic rings. The van der Waals surface area contributed by atoms with Crippen LogP contribution in [-0.2, 0) is 26.4 Å². The quantitative estimate of drug-likeness (QED) is 0.413. The van der Waals surface area contributed by atoms with Gasteiger partial charge in [0.05, 0.1) is 23.5 Å². The largest absolute Gasteiger partial charge is 0.598 e. The highest BCUT2D eigenvalue weighted by molar-refractivity contribution is 7.90. The molecule has 1 saturated heterocycles. The Hall–Kier alpha value is -2.04. The Morgan fingerprint density at radius 3 is 2.67 bits per heavy atom. The SMILES string of the molecule is CO[C@H]1CN[C@@H](C(=O)Nc2cc([C@](CCC3CC3)(N[S+]([O-])C(C)(C)C)c3ccccn3)ccc2F)C1. The van der Waals surface area contributed by atoms with Gasteiger partial charge in [-0.05, 0) is 75.8 Å². The highest BCUT2D eigenvalue weighted by atomic mass is 32.2. The first-order valence-electron chi connectivity index (χ1n) is 12.6. The van der Waals surface area contributed by atoms with Crippen molar-refractivity contribution in [3.8, 4) is 0 Å². The number of rotatable bonds is 10. The molecule has 196 valence electrons. The van der Waals surface area contributed by atoms with Crippen LogP contribution in [0.2, 0.25) is 0 Å². The van der Waals surface area contributed by atoms with Gasteiger partial charge in [0.2, 0.25) is 5.91 Å². The second-order valence-corrected chi connectivity index (χ2v) is 12.8. The molecule has 2 aromatic rings. The van der Waals surface area contributed by atoms with Crippen molar-refractivity contribution in [1.29, 1.82) is 0 Å². The molecular formula is C27H37FN4O3S. The van der Waals surface area contributed by atoms with E-state index in [9.17, 15) is 13.7 Å². The summed E-state index contributed by atoms with van der Waals surface area (Å²) in [5.41, 5.74) is 0.607. The van der Waals surface area contributed by atoms with Crippen LogP contribution in [0.1, 0.15) is 64.1 Å². The first kappa shape index (κ1) is 27.0. The Labute approximate surface area is 216 Å². The Morgan fingerprint density at radius 1 is 1.28 bits per heavy atom. The number of nitrogens with one attached hydrogen (secondary N) is 3. The van der Waals surface area contributed by atoms with Crippen LogP contribution in [-0.4, -0.2) is 46.0 Å². The maximum atomic E-state index is 15.0. The number of hydrogen-bond donors (Lipinski definition) is 3. The lowest BCUT2D eigenvalue weighted by Gasteiger charge is -2.38. The fraction of sp³-hybridized carbons (Fsp3) is 0.556. The van der Waals surface area contributed by atoms with E-state index in [1.807, 2.05) is 39.0 Å². The average molecular weight is 517 g/mol. The fourth-order valence-corrected chi connectivity index (χ4v) is 5.47. The molecule has 1 aromatic heterocycles. The molecule has 1 aliphatic heterocycles. The van der Waals surface area contributed by atoms with E-state index >= 15 is 0 Å². The van der Waals surface area contributed by atoms with Crippen LogP contribution in [0.3, 0.4) is 0 Å². The molecule has 1 aromatic carbocycles. The van der Waals surface area contributed by atoms with Gasteiger partial charge in [0, 0.05) is 31.2 Å². The molecule has 4 rings (SSSR count). The molecular weight excluding hydrogens is 479 g/mol. The summed E-state index contributed by atoms with van der Waals surface area (Å²) in [5.74, 6) is -0.208. The van der Waals surface area contributed by atoms with Gasteiger partial charge in [0.25, 0.3) is 0 Å². The molecule has 7 nitrogen and oxygen atoms in total. The summed E-state index contributed by atoms with van der Waals surface area (Å²) in [5, 5.41) is 5.89. The lowest BCUT2D eigenvalue weighted by molar-refractivity contribution is -0.118. The van der Waals surface area contributed by atoms with Gasteiger partial charge < -0.3 is 19.9 Å². The molecule has 2 heterocycles. The van der Waals surface area contributed by atoms with Crippen LogP contribution >= 0.6 is 0 Å². The highest BCUT2D eigenvalue weighted by Gasteiger charge is 2.44. The number of carbonyl (C=O) groups is 1. The Balaban J connectivity index is 1.71. The number of amides is 1. The van der Waals surface area contributed by atoms with Crippen molar-refractivity contribution in [3.05, 3.63) is 59.7 Å². The lowest BCUT2D eigenvalue weighted by atomic mass is 9.82. The van der Waals surface area contributed by atoms with Crippen LogP contribution in [0.5, 0.6) is 0 Å². The summed E-state index contributed by atoms with van der Waals surface area (Å²) in [4.78, 5) is 17.6. The van der Waals surface area contributed by atoms with Crippen molar-refractivity contribution in [3.63, 3.8) is 0 Å². The number of halogens is 1. The third-order valence-corrected chi connectivity index (χ3v) is 8.65. The number of anilines is 1. The highest BCUT2D eigenvalue weighted by Crippen LogP contribution is 2.42. The first-order chi connectivity index (χ1) is 17.1. The van der Waals surface area contributed by atoms with Crippen LogP contribution in [0, 0.1) is 11.7 Å². The molecule has 1 unspecified atom stereocenters. The Morgan fingerprint density at radius 2 is 2.06 bits per heavy atom. The Bertz CT molecular complexity index is 1050. The van der Waals surface area contributed by atoms with E-state index in [0.29, 0.717) is 36.6 Å². The predicted octanol–water partition coefficient (Wildman–Crippen LogP) is 4.02. The summed E-state index contributed by atoms with van der Waals surface area (Å²) in [7, 11) is 1.61. The van der Waals surface area contributed by atoms with E-state index in [2.05, 4.69) is 20.3 Å². The summed E-state index contributed by atoms with van der Waals surface area (Å²) < 4.78 is 36.6. The number of ether oxygens (including phenoxy) is 1. The molecule has 9 heteroatoms. The van der Waals surface area contributed by atoms with E-state index in [1.54, 1.807) is 25.4 Å². The van der Waals surface area contributed by atoms with Crippen molar-refractivity contribution in [2.24, 2.45) is 5.92 Å². The van der Waals surface area contributed by atoms with Crippen molar-refractivity contribution in [1.82, 2.24) is 15.0 Å². The zero-order valence-electron chi connectivity index (χ0n) is 21.5. The topological polar surface area (TPSA) is 98.3 Å². The van der Waals surface area contributed by atoms with E-state index in [4.69, 9.17) is 4.74 Å². The Kier molecular flexibility index (Phi) is 8.36. The number of pyridine rings is 1. The number of nitrogens with zero attached hydrogens (tertiary/aromatic N) is 1. The second-order valence-electron chi connectivity index (χ2n) is 10.8. The van der Waals surface area contributed by atoms with Crippen molar-refractivity contribution in [2.45, 2.75) is 75.3 Å². The van der Waals surface area contributed by atoms with E-state index in [-0.39, 0.29) is 17.7 Å². The van der Waals surface area contributed by atoms with Crippen molar-refractivity contribution < 1.29 is 18.5 Å². The number of methoxy groups -OCH3 is 1. The molecule has 0 spiro atoms. The van der Waals surface area contributed by atoms with Gasteiger partial charge in [0.15, 0.2) is 0 Å². The summed E-state index contributed by atoms with van der Waals surface area (Å²) in [6.45, 7) is 6.32. The van der Waals surface area contributed by atoms with E-state index in [0.717, 1.165) is 6.42 Å². The van der Waals surface area contributed by atoms with Crippen molar-refractivity contribution >= 4 is 23.0 Å². The number of benzene rings is 1. The molecule has 36 heavy (non-hydrogen) atoms. The molecule has 1 saturated carbocycles. The predicted molar refractivity (Wildman–Crippen MR) is 140 cm³/mol. The van der Waals surface area contributed by atoms with Gasteiger partial charge in [-0.3, -0.25) is 9.78 Å². The third kappa shape index (κ3) is 6.26. The lowest BCUT2D eigenvalue weighted by Crippen LogP contribution is -2.52. The molecule has 2 fully saturated rings. The summed E-state index contributed by atoms with van der Waals surface area (Å²) in [6, 6.07) is 9.92. The van der Waals surface area contributed by atoms with Crippen LogP contribution < -0.4 is 15.4 Å². The maximum absolute atomic E-state index is 15.0. The maximum Gasteiger partial charge on any atom is 0.241 e. The van der Waals surface area contributed by atoms with Gasteiger partial charge in [-0.15, -0.1) is 4.72 Å². The zero-order chi connectivity index (χ0) is 25.9. The minimum Gasteiger partial charge on any atom is -0.598 e. The molecule has 0 radical (unpaired) electrons. The van der Waals surface area contributed by atoms with E-state index in [1.165, 1.54) is 18.9 Å². The molecule has 1 aliphatic carbocycles. The van der Waals surface area contributed by atoms with Gasteiger partial charge in [-0.2, -0.15) is 0 Å². The molecule has 1 amide bonds. The fourth-order valence-electron chi connectivity index (χ4n) is 4.53. The van der Waals surface area contributed by atoms with Crippen LogP contribution in [0.4, 0.5) is 10.1 Å². The first-order valence-corrected chi connectivity index (χ1v) is 13.8. The third-order valence-electron chi connectivity index (χ3n) is 7.01. The summed E-state index contributed by atoms with van der Waals surface area (Å²) >= 11 is -1.43. The minimum atomic E-state index is -1.43. The second kappa shape index (κ2) is 11.1. The number of hydrogen-bond acceptors (Lipinski definition) is 6. The average Bonchev–Trinajstić information content (AvgIpc) is 3.56. The molecule has 3 N–H and O–H groups in total. The van der Waals surface area contributed by atoms with Gasteiger partial charge in [0.1, 0.15) is 16.1 Å². The normalized spacial score (nSPS) is 22.7. The number of aromatic nitrogens is 1. The van der Waals surface area contributed by atoms with E-state index < -0.39 is 33.5 Å². The molecule has 4 atom stereocenters. The van der Waals surface area contributed by atoms with Crippen molar-refractivity contribution in [2.75, 3.05) is 19.0 Å². The van der Waals surface area contributed by atoms with Gasteiger partial charge >= 0.3 is 0 Å².